The third-order valence-corrected chi connectivity index (χ3v) is 4.22. The van der Waals surface area contributed by atoms with Crippen LogP contribution in [0.25, 0.3) is 0 Å². The van der Waals surface area contributed by atoms with E-state index in [1.807, 2.05) is 30.3 Å². The number of Topliss-reactive ketones (excluding diaryl/α,β-unsaturated/α-hetero) is 1. The summed E-state index contributed by atoms with van der Waals surface area (Å²) in [4.78, 5) is 16.9. The number of carbonyl (C=O) groups excluding carboxylic acids is 1. The minimum absolute atomic E-state index is 0.330. The summed E-state index contributed by atoms with van der Waals surface area (Å²) in [6.07, 6.45) is 1.76. The highest BCUT2D eigenvalue weighted by molar-refractivity contribution is 5.82. The van der Waals surface area contributed by atoms with Gasteiger partial charge in [0.2, 0.25) is 0 Å². The van der Waals surface area contributed by atoms with Crippen LogP contribution in [0, 0.1) is 0 Å². The molecule has 0 aliphatic carbocycles. The molecule has 0 radical (unpaired) electrons. The average Bonchev–Trinajstić information content (AvgIpc) is 2.89. The van der Waals surface area contributed by atoms with Crippen LogP contribution in [0.3, 0.4) is 0 Å². The molecule has 0 N–H and O–H groups in total. The average molecular weight is 274 g/mol. The van der Waals surface area contributed by atoms with Gasteiger partial charge in [0.1, 0.15) is 0 Å². The molecule has 1 aliphatic rings. The second-order valence-corrected chi connectivity index (χ2v) is 5.60. The number of hydrogen-bond acceptors (Lipinski definition) is 3. The van der Waals surface area contributed by atoms with Crippen LogP contribution in [-0.2, 0) is 11.2 Å². The summed E-state index contributed by atoms with van der Waals surface area (Å²) in [6, 6.07) is 10.7. The molecule has 0 spiro atoms. The molecular weight excluding hydrogens is 248 g/mol. The zero-order chi connectivity index (χ0) is 14.4. The van der Waals surface area contributed by atoms with Crippen LogP contribution in [-0.4, -0.2) is 54.3 Å². The highest BCUT2D eigenvalue weighted by Gasteiger charge is 2.26. The van der Waals surface area contributed by atoms with Crippen LogP contribution in [0.2, 0.25) is 0 Å². The first-order valence-corrected chi connectivity index (χ1v) is 7.75. The molecule has 2 rings (SSSR count). The molecule has 1 saturated heterocycles. The van der Waals surface area contributed by atoms with E-state index in [-0.39, 0.29) is 0 Å². The number of carbonyl (C=O) groups is 1. The van der Waals surface area contributed by atoms with Crippen molar-refractivity contribution in [3.63, 3.8) is 0 Å². The molecular formula is C17H26N2O. The molecule has 0 bridgehead atoms. The number of likely N-dealkylation sites (N-methyl/N-ethyl adjacent to an activating group) is 1. The number of benzene rings is 1. The summed E-state index contributed by atoms with van der Waals surface area (Å²) in [5.41, 5.74) is 1.12. The van der Waals surface area contributed by atoms with Crippen molar-refractivity contribution in [2.24, 2.45) is 0 Å². The van der Waals surface area contributed by atoms with Gasteiger partial charge in [-0.3, -0.25) is 14.6 Å². The molecule has 0 aromatic heterocycles. The second kappa shape index (κ2) is 7.55. The minimum Gasteiger partial charge on any atom is -0.300 e. The maximum absolute atomic E-state index is 12.1. The van der Waals surface area contributed by atoms with Gasteiger partial charge in [0.25, 0.3) is 0 Å². The molecule has 3 heteroatoms. The van der Waals surface area contributed by atoms with E-state index in [1.165, 1.54) is 6.42 Å². The van der Waals surface area contributed by atoms with Crippen molar-refractivity contribution in [2.45, 2.75) is 32.7 Å². The van der Waals surface area contributed by atoms with Gasteiger partial charge in [-0.2, -0.15) is 0 Å². The lowest BCUT2D eigenvalue weighted by atomic mass is 10.1. The van der Waals surface area contributed by atoms with Crippen molar-refractivity contribution in [1.29, 1.82) is 0 Å². The lowest BCUT2D eigenvalue weighted by Crippen LogP contribution is -2.38. The number of rotatable bonds is 7. The van der Waals surface area contributed by atoms with Gasteiger partial charge in [0.15, 0.2) is 5.78 Å². The van der Waals surface area contributed by atoms with E-state index in [0.29, 0.717) is 24.8 Å². The number of ketones is 1. The van der Waals surface area contributed by atoms with Crippen molar-refractivity contribution < 1.29 is 4.79 Å². The van der Waals surface area contributed by atoms with Crippen molar-refractivity contribution in [3.05, 3.63) is 35.9 Å². The zero-order valence-electron chi connectivity index (χ0n) is 12.7. The molecule has 1 aliphatic heterocycles. The van der Waals surface area contributed by atoms with Crippen LogP contribution in [0.4, 0.5) is 0 Å². The van der Waals surface area contributed by atoms with Crippen LogP contribution in [0.15, 0.2) is 30.3 Å². The quantitative estimate of drug-likeness (QED) is 0.761. The first-order valence-electron chi connectivity index (χ1n) is 7.75. The largest absolute Gasteiger partial charge is 0.300 e. The fraction of sp³-hybridized carbons (Fsp3) is 0.588. The van der Waals surface area contributed by atoms with Gasteiger partial charge in [-0.15, -0.1) is 0 Å². The van der Waals surface area contributed by atoms with Crippen molar-refractivity contribution in [1.82, 2.24) is 9.80 Å². The van der Waals surface area contributed by atoms with E-state index in [0.717, 1.165) is 31.7 Å². The Balaban J connectivity index is 1.79. The topological polar surface area (TPSA) is 23.6 Å². The smallest absolute Gasteiger partial charge is 0.151 e. The maximum atomic E-state index is 12.1. The highest BCUT2D eigenvalue weighted by atomic mass is 16.1. The van der Waals surface area contributed by atoms with E-state index in [4.69, 9.17) is 0 Å². The Labute approximate surface area is 122 Å². The van der Waals surface area contributed by atoms with E-state index in [1.54, 1.807) is 0 Å². The highest BCUT2D eigenvalue weighted by Crippen LogP contribution is 2.15. The molecule has 110 valence electrons. The second-order valence-electron chi connectivity index (χ2n) is 5.60. The zero-order valence-corrected chi connectivity index (χ0v) is 12.7. The Morgan fingerprint density at radius 1 is 1.25 bits per heavy atom. The van der Waals surface area contributed by atoms with E-state index in [2.05, 4.69) is 23.6 Å². The lowest BCUT2D eigenvalue weighted by molar-refractivity contribution is -0.119. The van der Waals surface area contributed by atoms with Crippen LogP contribution in [0.5, 0.6) is 0 Å². The fourth-order valence-corrected chi connectivity index (χ4v) is 3.12. The molecule has 0 amide bonds. The summed E-state index contributed by atoms with van der Waals surface area (Å²) in [7, 11) is 0. The third-order valence-electron chi connectivity index (χ3n) is 4.22. The molecule has 1 heterocycles. The van der Waals surface area contributed by atoms with Gasteiger partial charge in [0, 0.05) is 25.6 Å². The van der Waals surface area contributed by atoms with Gasteiger partial charge < -0.3 is 0 Å². The number of hydrogen-bond donors (Lipinski definition) is 0. The van der Waals surface area contributed by atoms with Crippen LogP contribution >= 0.6 is 0 Å². The predicted octanol–water partition coefficient (Wildman–Crippen LogP) is 2.21. The monoisotopic (exact) mass is 274 g/mol. The lowest BCUT2D eigenvalue weighted by Gasteiger charge is -2.26. The molecule has 1 fully saturated rings. The summed E-state index contributed by atoms with van der Waals surface area (Å²) in [5, 5.41) is 0. The summed E-state index contributed by atoms with van der Waals surface area (Å²) in [6.45, 7) is 9.34. The first-order chi connectivity index (χ1) is 9.72. The standard InChI is InChI=1S/C17H26N2O/c1-3-19(4-2)16-10-11-18(13-16)14-17(20)12-15-8-6-5-7-9-15/h5-9,16H,3-4,10-14H2,1-2H3. The summed E-state index contributed by atoms with van der Waals surface area (Å²) < 4.78 is 0. The molecule has 1 aromatic rings. The minimum atomic E-state index is 0.330. The normalized spacial score (nSPS) is 19.6. The predicted molar refractivity (Wildman–Crippen MR) is 82.9 cm³/mol. The van der Waals surface area contributed by atoms with Gasteiger partial charge >= 0.3 is 0 Å². The molecule has 1 unspecified atom stereocenters. The van der Waals surface area contributed by atoms with Crippen LogP contribution < -0.4 is 0 Å². The van der Waals surface area contributed by atoms with Crippen molar-refractivity contribution in [3.8, 4) is 0 Å². The molecule has 1 atom stereocenters. The summed E-state index contributed by atoms with van der Waals surface area (Å²) in [5.74, 6) is 0.330. The van der Waals surface area contributed by atoms with E-state index in [9.17, 15) is 4.79 Å². The van der Waals surface area contributed by atoms with Crippen LogP contribution in [0.1, 0.15) is 25.8 Å². The van der Waals surface area contributed by atoms with Gasteiger partial charge in [0.05, 0.1) is 6.54 Å². The Morgan fingerprint density at radius 2 is 1.95 bits per heavy atom. The van der Waals surface area contributed by atoms with Crippen molar-refractivity contribution in [2.75, 3.05) is 32.7 Å². The third kappa shape index (κ3) is 4.15. The number of likely N-dealkylation sites (tertiary alicyclic amines) is 1. The number of nitrogens with zero attached hydrogens (tertiary/aromatic N) is 2. The van der Waals surface area contributed by atoms with E-state index < -0.39 is 0 Å². The first kappa shape index (κ1) is 15.2. The molecule has 3 nitrogen and oxygen atoms in total. The fourth-order valence-electron chi connectivity index (χ4n) is 3.12. The SMILES string of the molecule is CCN(CC)C1CCN(CC(=O)Cc2ccccc2)C1. The Morgan fingerprint density at radius 3 is 2.60 bits per heavy atom. The Kier molecular flexibility index (Phi) is 5.74. The van der Waals surface area contributed by atoms with E-state index >= 15 is 0 Å². The van der Waals surface area contributed by atoms with Crippen molar-refractivity contribution >= 4 is 5.78 Å². The van der Waals surface area contributed by atoms with Gasteiger partial charge in [-0.05, 0) is 25.1 Å². The molecule has 20 heavy (non-hydrogen) atoms. The summed E-state index contributed by atoms with van der Waals surface area (Å²) >= 11 is 0. The van der Waals surface area contributed by atoms with Gasteiger partial charge in [-0.1, -0.05) is 44.2 Å². The molecule has 0 saturated carbocycles. The maximum Gasteiger partial charge on any atom is 0.151 e. The Hall–Kier alpha value is -1.19. The Bertz CT molecular complexity index is 414. The van der Waals surface area contributed by atoms with Gasteiger partial charge in [-0.25, -0.2) is 0 Å². The molecule has 1 aromatic carbocycles.